The number of aryl methyl sites for hydroxylation is 2. The predicted octanol–water partition coefficient (Wildman–Crippen LogP) is 3.82. The third-order valence-corrected chi connectivity index (χ3v) is 5.17. The maximum atomic E-state index is 8.75. The molecule has 0 aromatic heterocycles. The second-order valence-electron chi connectivity index (χ2n) is 6.11. The Bertz CT molecular complexity index is 497. The van der Waals surface area contributed by atoms with E-state index >= 15 is 0 Å². The second kappa shape index (κ2) is 6.53. The first kappa shape index (κ1) is 15.2. The Morgan fingerprint density at radius 1 is 1.35 bits per heavy atom. The van der Waals surface area contributed by atoms with E-state index in [-0.39, 0.29) is 5.41 Å². The molecule has 0 heterocycles. The van der Waals surface area contributed by atoms with Crippen molar-refractivity contribution in [1.29, 1.82) is 0 Å². The molecule has 0 spiro atoms. The number of nitrogens with zero attached hydrogens (tertiary/aromatic N) is 1. The lowest BCUT2D eigenvalue weighted by atomic mass is 9.87. The maximum absolute atomic E-state index is 8.75. The molecule has 0 saturated heterocycles. The lowest BCUT2D eigenvalue weighted by Gasteiger charge is -2.22. The molecule has 20 heavy (non-hydrogen) atoms. The summed E-state index contributed by atoms with van der Waals surface area (Å²) in [5, 5.41) is 11.9. The van der Waals surface area contributed by atoms with E-state index in [4.69, 9.17) is 10.9 Å². The predicted molar refractivity (Wildman–Crippen MR) is 85.6 cm³/mol. The molecule has 0 atom stereocenters. The average molecular weight is 292 g/mol. The first-order chi connectivity index (χ1) is 9.53. The summed E-state index contributed by atoms with van der Waals surface area (Å²) in [5.41, 5.74) is 8.53. The van der Waals surface area contributed by atoms with Crippen LogP contribution in [0.1, 0.15) is 44.2 Å². The van der Waals surface area contributed by atoms with Crippen LogP contribution < -0.4 is 5.73 Å². The van der Waals surface area contributed by atoms with Gasteiger partial charge in [0, 0.05) is 10.3 Å². The van der Waals surface area contributed by atoms with Crippen LogP contribution in [0.15, 0.2) is 28.3 Å². The van der Waals surface area contributed by atoms with Crippen molar-refractivity contribution < 1.29 is 5.21 Å². The molecule has 0 bridgehead atoms. The van der Waals surface area contributed by atoms with E-state index in [2.05, 4.69) is 23.4 Å². The van der Waals surface area contributed by atoms with Crippen LogP contribution in [0.2, 0.25) is 0 Å². The summed E-state index contributed by atoms with van der Waals surface area (Å²) in [5.74, 6) is 1.39. The van der Waals surface area contributed by atoms with Crippen molar-refractivity contribution in [2.45, 2.75) is 50.8 Å². The summed E-state index contributed by atoms with van der Waals surface area (Å²) in [7, 11) is 0. The Labute approximate surface area is 125 Å². The van der Waals surface area contributed by atoms with Crippen LogP contribution in [0.3, 0.4) is 0 Å². The van der Waals surface area contributed by atoms with Gasteiger partial charge in [-0.1, -0.05) is 25.1 Å². The number of nitrogens with two attached hydrogens (primary N) is 1. The van der Waals surface area contributed by atoms with Gasteiger partial charge in [0.2, 0.25) is 0 Å². The van der Waals surface area contributed by atoms with Crippen molar-refractivity contribution in [2.75, 3.05) is 5.75 Å². The molecule has 1 aliphatic rings. The molecule has 0 amide bonds. The number of benzene rings is 1. The Kier molecular flexibility index (Phi) is 4.97. The maximum Gasteiger partial charge on any atom is 0.144 e. The van der Waals surface area contributed by atoms with Crippen LogP contribution in [0.25, 0.3) is 0 Å². The number of fused-ring (bicyclic) bond motifs is 1. The number of hydrogen-bond acceptors (Lipinski definition) is 3. The first-order valence-electron chi connectivity index (χ1n) is 7.25. The Hall–Kier alpha value is -1.16. The van der Waals surface area contributed by atoms with Crippen LogP contribution in [-0.2, 0) is 12.8 Å². The summed E-state index contributed by atoms with van der Waals surface area (Å²) in [6, 6.07) is 6.87. The highest BCUT2D eigenvalue weighted by atomic mass is 32.2. The number of oxime groups is 1. The van der Waals surface area contributed by atoms with Crippen molar-refractivity contribution in [3.8, 4) is 0 Å². The monoisotopic (exact) mass is 292 g/mol. The van der Waals surface area contributed by atoms with Crippen LogP contribution in [0.4, 0.5) is 0 Å². The number of hydrogen-bond donors (Lipinski definition) is 2. The minimum absolute atomic E-state index is 0.229. The van der Waals surface area contributed by atoms with Crippen molar-refractivity contribution in [1.82, 2.24) is 0 Å². The molecule has 0 unspecified atom stereocenters. The summed E-state index contributed by atoms with van der Waals surface area (Å²) >= 11 is 1.90. The van der Waals surface area contributed by atoms with Gasteiger partial charge in [-0.15, -0.1) is 11.8 Å². The lowest BCUT2D eigenvalue weighted by Crippen LogP contribution is -2.31. The fraction of sp³-hybridized carbons (Fsp3) is 0.562. The van der Waals surface area contributed by atoms with Gasteiger partial charge in [0.05, 0.1) is 0 Å². The van der Waals surface area contributed by atoms with Crippen LogP contribution in [-0.4, -0.2) is 16.8 Å². The van der Waals surface area contributed by atoms with Crippen molar-refractivity contribution in [3.63, 3.8) is 0 Å². The van der Waals surface area contributed by atoms with Gasteiger partial charge in [0.25, 0.3) is 0 Å². The highest BCUT2D eigenvalue weighted by molar-refractivity contribution is 7.99. The Morgan fingerprint density at radius 3 is 2.85 bits per heavy atom. The topological polar surface area (TPSA) is 58.6 Å². The minimum atomic E-state index is -0.229. The molecule has 1 aliphatic carbocycles. The van der Waals surface area contributed by atoms with E-state index in [1.165, 1.54) is 35.3 Å². The SMILES string of the molecule is CC(C)(CCCSc1ccc2c(c1)CCC2)C(N)=NO. The summed E-state index contributed by atoms with van der Waals surface area (Å²) < 4.78 is 0. The normalized spacial score (nSPS) is 15.4. The van der Waals surface area contributed by atoms with Crippen molar-refractivity contribution >= 4 is 17.6 Å². The average Bonchev–Trinajstić information content (AvgIpc) is 2.90. The zero-order chi connectivity index (χ0) is 14.6. The smallest absolute Gasteiger partial charge is 0.144 e. The van der Waals surface area contributed by atoms with Crippen LogP contribution >= 0.6 is 11.8 Å². The van der Waals surface area contributed by atoms with Gasteiger partial charge in [-0.3, -0.25) is 0 Å². The second-order valence-corrected chi connectivity index (χ2v) is 7.27. The standard InChI is InChI=1S/C16H24N2OS/c1-16(2,15(17)18-19)9-4-10-20-14-8-7-12-5-3-6-13(12)11-14/h7-8,11,19H,3-6,9-10H2,1-2H3,(H2,17,18). The minimum Gasteiger partial charge on any atom is -0.409 e. The van der Waals surface area contributed by atoms with Gasteiger partial charge in [0.15, 0.2) is 0 Å². The summed E-state index contributed by atoms with van der Waals surface area (Å²) in [6.45, 7) is 4.03. The van der Waals surface area contributed by atoms with Gasteiger partial charge in [-0.05, 0) is 61.1 Å². The molecule has 0 fully saturated rings. The van der Waals surface area contributed by atoms with Crippen molar-refractivity contribution in [3.05, 3.63) is 29.3 Å². The summed E-state index contributed by atoms with van der Waals surface area (Å²) in [4.78, 5) is 1.37. The molecule has 3 nitrogen and oxygen atoms in total. The van der Waals surface area contributed by atoms with E-state index < -0.39 is 0 Å². The zero-order valence-electron chi connectivity index (χ0n) is 12.4. The molecule has 110 valence electrons. The molecule has 4 heteroatoms. The molecule has 1 aromatic rings. The van der Waals surface area contributed by atoms with Crippen molar-refractivity contribution in [2.24, 2.45) is 16.3 Å². The van der Waals surface area contributed by atoms with E-state index in [9.17, 15) is 0 Å². The zero-order valence-corrected chi connectivity index (χ0v) is 13.2. The lowest BCUT2D eigenvalue weighted by molar-refractivity contribution is 0.305. The number of thioether (sulfide) groups is 1. The largest absolute Gasteiger partial charge is 0.409 e. The molecule has 0 saturated carbocycles. The van der Waals surface area contributed by atoms with Gasteiger partial charge >= 0.3 is 0 Å². The molecule has 3 N–H and O–H groups in total. The third-order valence-electron chi connectivity index (χ3n) is 4.09. The highest BCUT2D eigenvalue weighted by Crippen LogP contribution is 2.29. The van der Waals surface area contributed by atoms with E-state index in [0.717, 1.165) is 18.6 Å². The molecule has 0 radical (unpaired) electrons. The number of amidine groups is 1. The molecular formula is C16H24N2OS. The number of rotatable bonds is 6. The molecule has 2 rings (SSSR count). The fourth-order valence-corrected chi connectivity index (χ4v) is 3.52. The van der Waals surface area contributed by atoms with Gasteiger partial charge in [-0.2, -0.15) is 0 Å². The van der Waals surface area contributed by atoms with Gasteiger partial charge in [-0.25, -0.2) is 0 Å². The van der Waals surface area contributed by atoms with Crippen LogP contribution in [0, 0.1) is 5.41 Å². The molecule has 1 aromatic carbocycles. The van der Waals surface area contributed by atoms with Gasteiger partial charge < -0.3 is 10.9 Å². The third kappa shape index (κ3) is 3.69. The van der Waals surface area contributed by atoms with E-state index in [1.807, 2.05) is 25.6 Å². The summed E-state index contributed by atoms with van der Waals surface area (Å²) in [6.07, 6.45) is 5.78. The Morgan fingerprint density at radius 2 is 2.10 bits per heavy atom. The van der Waals surface area contributed by atoms with Crippen LogP contribution in [0.5, 0.6) is 0 Å². The van der Waals surface area contributed by atoms with Gasteiger partial charge in [0.1, 0.15) is 5.84 Å². The fourth-order valence-electron chi connectivity index (χ4n) is 2.61. The highest BCUT2D eigenvalue weighted by Gasteiger charge is 2.22. The molecular weight excluding hydrogens is 268 g/mol. The van der Waals surface area contributed by atoms with E-state index in [0.29, 0.717) is 5.84 Å². The van der Waals surface area contributed by atoms with E-state index in [1.54, 1.807) is 0 Å². The quantitative estimate of drug-likeness (QED) is 0.209. The molecule has 0 aliphatic heterocycles. The Balaban J connectivity index is 1.79. The first-order valence-corrected chi connectivity index (χ1v) is 8.24.